The number of nitrogens with zero attached hydrogens (tertiary/aromatic N) is 1. The lowest BCUT2D eigenvalue weighted by Gasteiger charge is -2.18. The second-order valence-corrected chi connectivity index (χ2v) is 5.43. The monoisotopic (exact) mass is 317 g/mol. The Morgan fingerprint density at radius 1 is 1.13 bits per heavy atom. The van der Waals surface area contributed by atoms with E-state index < -0.39 is 5.97 Å². The third-order valence-electron chi connectivity index (χ3n) is 3.77. The SMILES string of the molecule is O=C(/C=C/c1ccc2c(c1)OCCO2)OCC(=O)N1CCCC1. The summed E-state index contributed by atoms with van der Waals surface area (Å²) >= 11 is 0. The number of hydrogen-bond donors (Lipinski definition) is 0. The molecule has 6 nitrogen and oxygen atoms in total. The molecule has 2 heterocycles. The zero-order valence-corrected chi connectivity index (χ0v) is 12.8. The third kappa shape index (κ3) is 4.03. The molecule has 6 heteroatoms. The Hall–Kier alpha value is -2.50. The molecule has 1 saturated heterocycles. The largest absolute Gasteiger partial charge is 0.486 e. The number of carbonyl (C=O) groups excluding carboxylic acids is 2. The summed E-state index contributed by atoms with van der Waals surface area (Å²) in [5, 5.41) is 0. The first-order valence-electron chi connectivity index (χ1n) is 7.74. The Kier molecular flexibility index (Phi) is 4.80. The Bertz CT molecular complexity index is 619. The van der Waals surface area contributed by atoms with Gasteiger partial charge in [0.1, 0.15) is 13.2 Å². The molecule has 1 aromatic carbocycles. The molecule has 1 aromatic rings. The van der Waals surface area contributed by atoms with Gasteiger partial charge < -0.3 is 19.1 Å². The zero-order chi connectivity index (χ0) is 16.1. The molecule has 0 N–H and O–H groups in total. The van der Waals surface area contributed by atoms with Gasteiger partial charge in [0.25, 0.3) is 5.91 Å². The molecular weight excluding hydrogens is 298 g/mol. The number of carbonyl (C=O) groups is 2. The molecular formula is C17H19NO5. The van der Waals surface area contributed by atoms with Gasteiger partial charge >= 0.3 is 5.97 Å². The predicted molar refractivity (Wildman–Crippen MR) is 83.2 cm³/mol. The van der Waals surface area contributed by atoms with E-state index in [2.05, 4.69) is 0 Å². The van der Waals surface area contributed by atoms with E-state index in [0.717, 1.165) is 31.5 Å². The molecule has 3 rings (SSSR count). The maximum atomic E-state index is 11.8. The standard InChI is InChI=1S/C17H19NO5/c19-16(18-7-1-2-8-18)12-23-17(20)6-4-13-3-5-14-15(11-13)22-10-9-21-14/h3-6,11H,1-2,7-10,12H2/b6-4+. The van der Waals surface area contributed by atoms with Crippen molar-refractivity contribution < 1.29 is 23.8 Å². The molecule has 1 amide bonds. The normalized spacial score (nSPS) is 16.6. The highest BCUT2D eigenvalue weighted by molar-refractivity contribution is 5.89. The molecule has 0 atom stereocenters. The molecule has 23 heavy (non-hydrogen) atoms. The number of hydrogen-bond acceptors (Lipinski definition) is 5. The molecule has 0 bridgehead atoms. The van der Waals surface area contributed by atoms with E-state index in [-0.39, 0.29) is 12.5 Å². The van der Waals surface area contributed by atoms with Crippen LogP contribution in [-0.2, 0) is 14.3 Å². The molecule has 0 aromatic heterocycles. The summed E-state index contributed by atoms with van der Waals surface area (Å²) in [6.07, 6.45) is 4.97. The van der Waals surface area contributed by atoms with Gasteiger partial charge in [-0.2, -0.15) is 0 Å². The number of fused-ring (bicyclic) bond motifs is 1. The number of amides is 1. The average Bonchev–Trinajstić information content (AvgIpc) is 3.12. The van der Waals surface area contributed by atoms with Gasteiger partial charge in [-0.15, -0.1) is 0 Å². The van der Waals surface area contributed by atoms with E-state index in [1.54, 1.807) is 23.1 Å². The predicted octanol–water partition coefficient (Wildman–Crippen LogP) is 1.64. The second-order valence-electron chi connectivity index (χ2n) is 5.43. The average molecular weight is 317 g/mol. The Morgan fingerprint density at radius 2 is 1.87 bits per heavy atom. The summed E-state index contributed by atoms with van der Waals surface area (Å²) in [6, 6.07) is 5.43. The van der Waals surface area contributed by atoms with Gasteiger partial charge in [-0.25, -0.2) is 4.79 Å². The van der Waals surface area contributed by atoms with Crippen LogP contribution < -0.4 is 9.47 Å². The van der Waals surface area contributed by atoms with Crippen LogP contribution in [0.25, 0.3) is 6.08 Å². The summed E-state index contributed by atoms with van der Waals surface area (Å²) in [6.45, 7) is 2.36. The van der Waals surface area contributed by atoms with Gasteiger partial charge in [0.15, 0.2) is 18.1 Å². The summed E-state index contributed by atoms with van der Waals surface area (Å²) < 4.78 is 15.9. The lowest BCUT2D eigenvalue weighted by atomic mass is 10.2. The Labute approximate surface area is 134 Å². The van der Waals surface area contributed by atoms with Crippen LogP contribution in [0, 0.1) is 0 Å². The fourth-order valence-corrected chi connectivity index (χ4v) is 2.57. The smallest absolute Gasteiger partial charge is 0.331 e. The molecule has 122 valence electrons. The van der Waals surface area contributed by atoms with E-state index in [4.69, 9.17) is 14.2 Å². The van der Waals surface area contributed by atoms with E-state index in [9.17, 15) is 9.59 Å². The molecule has 0 unspecified atom stereocenters. The minimum atomic E-state index is -0.535. The van der Waals surface area contributed by atoms with Gasteiger partial charge in [-0.1, -0.05) is 6.07 Å². The molecule has 0 spiro atoms. The topological polar surface area (TPSA) is 65.1 Å². The molecule has 0 aliphatic carbocycles. The van der Waals surface area contributed by atoms with Crippen LogP contribution in [0.4, 0.5) is 0 Å². The summed E-state index contributed by atoms with van der Waals surface area (Å²) in [5.41, 5.74) is 0.803. The first-order chi connectivity index (χ1) is 11.2. The third-order valence-corrected chi connectivity index (χ3v) is 3.77. The summed E-state index contributed by atoms with van der Waals surface area (Å²) in [7, 11) is 0. The van der Waals surface area contributed by atoms with Crippen LogP contribution >= 0.6 is 0 Å². The summed E-state index contributed by atoms with van der Waals surface area (Å²) in [5.74, 6) is 0.694. The van der Waals surface area contributed by atoms with Crippen LogP contribution in [0.15, 0.2) is 24.3 Å². The van der Waals surface area contributed by atoms with E-state index in [1.807, 2.05) is 6.07 Å². The molecule has 1 fully saturated rings. The van der Waals surface area contributed by atoms with Crippen LogP contribution in [0.5, 0.6) is 11.5 Å². The number of ether oxygens (including phenoxy) is 3. The van der Waals surface area contributed by atoms with E-state index >= 15 is 0 Å². The van der Waals surface area contributed by atoms with Crippen molar-refractivity contribution in [3.05, 3.63) is 29.8 Å². The second kappa shape index (κ2) is 7.17. The highest BCUT2D eigenvalue weighted by Crippen LogP contribution is 2.31. The lowest BCUT2D eigenvalue weighted by molar-refractivity contribution is -0.147. The van der Waals surface area contributed by atoms with E-state index in [0.29, 0.717) is 24.7 Å². The maximum Gasteiger partial charge on any atom is 0.331 e. The van der Waals surface area contributed by atoms with Crippen molar-refractivity contribution in [3.63, 3.8) is 0 Å². The van der Waals surface area contributed by atoms with Crippen molar-refractivity contribution >= 4 is 18.0 Å². The van der Waals surface area contributed by atoms with Crippen LogP contribution in [0.1, 0.15) is 18.4 Å². The van der Waals surface area contributed by atoms with Crippen molar-refractivity contribution in [2.24, 2.45) is 0 Å². The Balaban J connectivity index is 1.51. The number of benzene rings is 1. The minimum absolute atomic E-state index is 0.136. The Morgan fingerprint density at radius 3 is 2.65 bits per heavy atom. The van der Waals surface area contributed by atoms with Crippen molar-refractivity contribution in [2.45, 2.75) is 12.8 Å². The molecule has 2 aliphatic heterocycles. The number of esters is 1. The fraction of sp³-hybridized carbons (Fsp3) is 0.412. The van der Waals surface area contributed by atoms with Gasteiger partial charge in [-0.3, -0.25) is 4.79 Å². The first-order valence-corrected chi connectivity index (χ1v) is 7.74. The first kappa shape index (κ1) is 15.4. The lowest BCUT2D eigenvalue weighted by Crippen LogP contribution is -2.31. The summed E-state index contributed by atoms with van der Waals surface area (Å²) in [4.78, 5) is 25.2. The highest BCUT2D eigenvalue weighted by Gasteiger charge is 2.18. The van der Waals surface area contributed by atoms with Gasteiger partial charge in [0.05, 0.1) is 0 Å². The zero-order valence-electron chi connectivity index (χ0n) is 12.8. The van der Waals surface area contributed by atoms with Gasteiger partial charge in [-0.05, 0) is 36.6 Å². The number of rotatable bonds is 4. The van der Waals surface area contributed by atoms with Crippen LogP contribution in [0.2, 0.25) is 0 Å². The molecule has 2 aliphatic rings. The van der Waals surface area contributed by atoms with Crippen LogP contribution in [0.3, 0.4) is 0 Å². The fourth-order valence-electron chi connectivity index (χ4n) is 2.57. The van der Waals surface area contributed by atoms with E-state index in [1.165, 1.54) is 6.08 Å². The van der Waals surface area contributed by atoms with Crippen molar-refractivity contribution in [1.82, 2.24) is 4.90 Å². The van der Waals surface area contributed by atoms with Gasteiger partial charge in [0.2, 0.25) is 0 Å². The van der Waals surface area contributed by atoms with Crippen molar-refractivity contribution in [1.29, 1.82) is 0 Å². The van der Waals surface area contributed by atoms with Crippen molar-refractivity contribution in [2.75, 3.05) is 32.9 Å². The minimum Gasteiger partial charge on any atom is -0.486 e. The maximum absolute atomic E-state index is 11.8. The quantitative estimate of drug-likeness (QED) is 0.624. The van der Waals surface area contributed by atoms with Crippen LogP contribution in [-0.4, -0.2) is 49.7 Å². The highest BCUT2D eigenvalue weighted by atomic mass is 16.6. The molecule has 0 saturated carbocycles. The number of likely N-dealkylation sites (tertiary alicyclic amines) is 1. The van der Waals surface area contributed by atoms with Crippen molar-refractivity contribution in [3.8, 4) is 11.5 Å². The molecule has 0 radical (unpaired) electrons. The van der Waals surface area contributed by atoms with Gasteiger partial charge in [0, 0.05) is 19.2 Å².